The zero-order valence-corrected chi connectivity index (χ0v) is 20.9. The van der Waals surface area contributed by atoms with Crippen molar-refractivity contribution in [3.63, 3.8) is 0 Å². The largest absolute Gasteiger partial charge is 0.352 e. The lowest BCUT2D eigenvalue weighted by Gasteiger charge is -2.34. The minimum absolute atomic E-state index is 0.0774. The van der Waals surface area contributed by atoms with Crippen molar-refractivity contribution in [2.24, 2.45) is 0 Å². The molecule has 1 aliphatic heterocycles. The van der Waals surface area contributed by atoms with Crippen molar-refractivity contribution in [2.75, 3.05) is 44.2 Å². The Balaban J connectivity index is 1.14. The van der Waals surface area contributed by atoms with Gasteiger partial charge in [-0.3, -0.25) is 9.69 Å². The number of piperazine rings is 1. The van der Waals surface area contributed by atoms with E-state index in [0.29, 0.717) is 18.7 Å². The summed E-state index contributed by atoms with van der Waals surface area (Å²) in [7, 11) is 0. The van der Waals surface area contributed by atoms with Crippen LogP contribution < -0.4 is 10.2 Å². The van der Waals surface area contributed by atoms with Gasteiger partial charge in [0.05, 0.1) is 23.7 Å². The first kappa shape index (κ1) is 23.9. The number of nitrogens with one attached hydrogen (secondary N) is 1. The van der Waals surface area contributed by atoms with E-state index in [0.717, 1.165) is 67.4 Å². The number of anilines is 1. The second-order valence-corrected chi connectivity index (χ2v) is 9.32. The van der Waals surface area contributed by atoms with E-state index in [1.54, 1.807) is 18.6 Å². The Morgan fingerprint density at radius 3 is 2.53 bits per heavy atom. The number of benzene rings is 1. The van der Waals surface area contributed by atoms with Crippen LogP contribution in [0.5, 0.6) is 0 Å². The van der Waals surface area contributed by atoms with E-state index < -0.39 is 0 Å². The van der Waals surface area contributed by atoms with Crippen LogP contribution >= 0.6 is 0 Å². The third-order valence-corrected chi connectivity index (χ3v) is 6.58. The molecule has 1 N–H and O–H groups in total. The second-order valence-electron chi connectivity index (χ2n) is 9.32. The van der Waals surface area contributed by atoms with E-state index in [2.05, 4.69) is 66.4 Å². The average Bonchev–Trinajstić information content (AvgIpc) is 3.30. The van der Waals surface area contributed by atoms with Crippen molar-refractivity contribution in [3.05, 3.63) is 77.4 Å². The molecule has 1 fully saturated rings. The van der Waals surface area contributed by atoms with Gasteiger partial charge in [-0.05, 0) is 44.5 Å². The summed E-state index contributed by atoms with van der Waals surface area (Å²) in [5.74, 6) is 0.719. The fraction of sp³-hybridized carbons (Fsp3) is 0.370. The van der Waals surface area contributed by atoms with Gasteiger partial charge in [0.15, 0.2) is 5.65 Å². The second kappa shape index (κ2) is 10.8. The SMILES string of the molecule is Cc1ccc(Cn2ncc3c(C(=O)NCCCN4CCN(c5ncccn5)CC4)cc(C)nc32)cc1. The van der Waals surface area contributed by atoms with Crippen LogP contribution in [0.4, 0.5) is 5.95 Å². The molecule has 4 aromatic rings. The monoisotopic (exact) mass is 484 g/mol. The molecule has 5 rings (SSSR count). The zero-order valence-electron chi connectivity index (χ0n) is 20.9. The summed E-state index contributed by atoms with van der Waals surface area (Å²) in [4.78, 5) is 31.1. The van der Waals surface area contributed by atoms with E-state index in [1.165, 1.54) is 5.56 Å². The standard InChI is InChI=1S/C27H32N8O/c1-20-5-7-22(8-6-20)19-35-25-24(18-31-35)23(17-21(2)32-25)26(36)28-11-4-12-33-13-15-34(16-14-33)27-29-9-3-10-30-27/h3,5-10,17-18H,4,11-16,19H2,1-2H3,(H,28,36). The molecule has 0 aliphatic carbocycles. The zero-order chi connectivity index (χ0) is 24.9. The maximum atomic E-state index is 13.1. The number of carbonyl (C=O) groups excluding carboxylic acids is 1. The van der Waals surface area contributed by atoms with Crippen LogP contribution in [0.15, 0.2) is 55.0 Å². The molecule has 4 heterocycles. The molecule has 0 spiro atoms. The minimum Gasteiger partial charge on any atom is -0.352 e. The van der Waals surface area contributed by atoms with Gasteiger partial charge in [0.2, 0.25) is 5.95 Å². The number of rotatable bonds is 8. The molecule has 0 radical (unpaired) electrons. The number of aryl methyl sites for hydroxylation is 2. The quantitative estimate of drug-likeness (QED) is 0.385. The smallest absolute Gasteiger partial charge is 0.252 e. The molecule has 3 aromatic heterocycles. The van der Waals surface area contributed by atoms with Crippen molar-refractivity contribution >= 4 is 22.9 Å². The number of hydrogen-bond donors (Lipinski definition) is 1. The molecule has 1 saturated heterocycles. The lowest BCUT2D eigenvalue weighted by molar-refractivity contribution is 0.0953. The number of hydrogen-bond acceptors (Lipinski definition) is 7. The molecule has 1 aromatic carbocycles. The molecule has 186 valence electrons. The van der Waals surface area contributed by atoms with Crippen LogP contribution in [0.1, 0.15) is 33.6 Å². The van der Waals surface area contributed by atoms with Crippen molar-refractivity contribution in [1.82, 2.24) is 34.9 Å². The molecule has 0 atom stereocenters. The third kappa shape index (κ3) is 5.52. The van der Waals surface area contributed by atoms with Crippen molar-refractivity contribution in [3.8, 4) is 0 Å². The van der Waals surface area contributed by atoms with Gasteiger partial charge < -0.3 is 10.2 Å². The average molecular weight is 485 g/mol. The van der Waals surface area contributed by atoms with Gasteiger partial charge in [-0.15, -0.1) is 0 Å². The Bertz CT molecular complexity index is 1310. The van der Waals surface area contributed by atoms with Crippen LogP contribution in [0, 0.1) is 13.8 Å². The summed E-state index contributed by atoms with van der Waals surface area (Å²) in [6.45, 7) is 9.95. The highest BCUT2D eigenvalue weighted by atomic mass is 16.1. The number of nitrogens with zero attached hydrogens (tertiary/aromatic N) is 7. The van der Waals surface area contributed by atoms with E-state index >= 15 is 0 Å². The molecule has 0 bridgehead atoms. The summed E-state index contributed by atoms with van der Waals surface area (Å²) >= 11 is 0. The molecule has 36 heavy (non-hydrogen) atoms. The lowest BCUT2D eigenvalue weighted by Crippen LogP contribution is -2.47. The molecular formula is C27H32N8O. The van der Waals surface area contributed by atoms with Crippen LogP contribution in [0.25, 0.3) is 11.0 Å². The Hall–Kier alpha value is -3.85. The Morgan fingerprint density at radius 2 is 1.78 bits per heavy atom. The maximum absolute atomic E-state index is 13.1. The van der Waals surface area contributed by atoms with Gasteiger partial charge in [0.1, 0.15) is 0 Å². The molecule has 0 unspecified atom stereocenters. The van der Waals surface area contributed by atoms with Crippen LogP contribution in [0.2, 0.25) is 0 Å². The number of fused-ring (bicyclic) bond motifs is 1. The highest BCUT2D eigenvalue weighted by Gasteiger charge is 2.19. The normalized spacial score (nSPS) is 14.3. The van der Waals surface area contributed by atoms with E-state index in [9.17, 15) is 4.79 Å². The van der Waals surface area contributed by atoms with Crippen LogP contribution in [-0.4, -0.2) is 74.8 Å². The van der Waals surface area contributed by atoms with Crippen molar-refractivity contribution in [2.45, 2.75) is 26.8 Å². The fourth-order valence-electron chi connectivity index (χ4n) is 4.57. The number of pyridine rings is 1. The maximum Gasteiger partial charge on any atom is 0.252 e. The minimum atomic E-state index is -0.0774. The van der Waals surface area contributed by atoms with Gasteiger partial charge in [0.25, 0.3) is 5.91 Å². The van der Waals surface area contributed by atoms with E-state index in [1.807, 2.05) is 23.7 Å². The molecular weight excluding hydrogens is 452 g/mol. The van der Waals surface area contributed by atoms with Crippen LogP contribution in [-0.2, 0) is 6.54 Å². The predicted octanol–water partition coefficient (Wildman–Crippen LogP) is 2.83. The van der Waals surface area contributed by atoms with Crippen LogP contribution in [0.3, 0.4) is 0 Å². The summed E-state index contributed by atoms with van der Waals surface area (Å²) in [5.41, 5.74) is 4.54. The number of carbonyl (C=O) groups is 1. The Kier molecular flexibility index (Phi) is 7.18. The fourth-order valence-corrected chi connectivity index (χ4v) is 4.57. The van der Waals surface area contributed by atoms with E-state index in [4.69, 9.17) is 0 Å². The van der Waals surface area contributed by atoms with Crippen molar-refractivity contribution in [1.29, 1.82) is 0 Å². The Labute approximate surface area is 211 Å². The highest BCUT2D eigenvalue weighted by Crippen LogP contribution is 2.19. The molecule has 9 heteroatoms. The van der Waals surface area contributed by atoms with Gasteiger partial charge in [0, 0.05) is 50.8 Å². The highest BCUT2D eigenvalue weighted by molar-refractivity contribution is 6.05. The summed E-state index contributed by atoms with van der Waals surface area (Å²) < 4.78 is 1.86. The number of aromatic nitrogens is 5. The lowest BCUT2D eigenvalue weighted by atomic mass is 10.1. The first-order valence-electron chi connectivity index (χ1n) is 12.5. The summed E-state index contributed by atoms with van der Waals surface area (Å²) in [6.07, 6.45) is 6.21. The summed E-state index contributed by atoms with van der Waals surface area (Å²) in [6, 6.07) is 12.1. The van der Waals surface area contributed by atoms with Gasteiger partial charge >= 0.3 is 0 Å². The first-order valence-corrected chi connectivity index (χ1v) is 12.5. The molecule has 0 saturated carbocycles. The van der Waals surface area contributed by atoms with Gasteiger partial charge in [-0.25, -0.2) is 19.6 Å². The van der Waals surface area contributed by atoms with Gasteiger partial charge in [-0.2, -0.15) is 5.10 Å². The predicted molar refractivity (Wildman–Crippen MR) is 140 cm³/mol. The summed E-state index contributed by atoms with van der Waals surface area (Å²) in [5, 5.41) is 8.42. The molecule has 9 nitrogen and oxygen atoms in total. The van der Waals surface area contributed by atoms with Gasteiger partial charge in [-0.1, -0.05) is 29.8 Å². The van der Waals surface area contributed by atoms with Crippen molar-refractivity contribution < 1.29 is 4.79 Å². The first-order chi connectivity index (χ1) is 17.6. The Morgan fingerprint density at radius 1 is 1.03 bits per heavy atom. The topological polar surface area (TPSA) is 92.1 Å². The van der Waals surface area contributed by atoms with E-state index in [-0.39, 0.29) is 5.91 Å². The molecule has 1 amide bonds. The third-order valence-electron chi connectivity index (χ3n) is 6.58. The molecule has 1 aliphatic rings. The number of amides is 1.